The molecular weight excluding hydrogens is 340 g/mol. The predicted octanol–water partition coefficient (Wildman–Crippen LogP) is 0.893. The number of anilines is 1. The number of nitrogens with zero attached hydrogens (tertiary/aromatic N) is 3. The molecule has 1 unspecified atom stereocenters. The molecule has 0 spiro atoms. The van der Waals surface area contributed by atoms with E-state index >= 15 is 0 Å². The fraction of sp³-hybridized carbons (Fsp3) is 0.533. The van der Waals surface area contributed by atoms with Crippen LogP contribution in [0.4, 0.5) is 14.5 Å². The molecule has 0 N–H and O–H groups in total. The molecule has 134 valence electrons. The third kappa shape index (κ3) is 4.02. The molecule has 0 bridgehead atoms. The Hall–Kier alpha value is -1.74. The van der Waals surface area contributed by atoms with Gasteiger partial charge in [-0.05, 0) is 26.1 Å². The SMILES string of the molecule is CC(C(=O)N1CCN(C)CC1)N(c1ccc(F)c(F)c1)S(C)(=O)=O. The van der Waals surface area contributed by atoms with Gasteiger partial charge in [-0.25, -0.2) is 17.2 Å². The van der Waals surface area contributed by atoms with Crippen LogP contribution < -0.4 is 4.31 Å². The number of likely N-dealkylation sites (N-methyl/N-ethyl adjacent to an activating group) is 1. The molecule has 1 aliphatic heterocycles. The lowest BCUT2D eigenvalue weighted by atomic mass is 10.2. The maximum absolute atomic E-state index is 13.5. The Balaban J connectivity index is 2.30. The summed E-state index contributed by atoms with van der Waals surface area (Å²) in [5.41, 5.74) is -0.0774. The lowest BCUT2D eigenvalue weighted by Crippen LogP contribution is -2.54. The summed E-state index contributed by atoms with van der Waals surface area (Å²) in [5.74, 6) is -2.61. The Bertz CT molecular complexity index is 719. The number of halogens is 2. The lowest BCUT2D eigenvalue weighted by Gasteiger charge is -2.36. The number of piperazine rings is 1. The van der Waals surface area contributed by atoms with Crippen molar-refractivity contribution in [3.8, 4) is 0 Å². The Morgan fingerprint density at radius 2 is 1.75 bits per heavy atom. The highest BCUT2D eigenvalue weighted by molar-refractivity contribution is 7.92. The summed E-state index contributed by atoms with van der Waals surface area (Å²) in [7, 11) is -1.92. The first-order valence-electron chi connectivity index (χ1n) is 7.53. The van der Waals surface area contributed by atoms with Gasteiger partial charge in [0.05, 0.1) is 11.9 Å². The van der Waals surface area contributed by atoms with Crippen molar-refractivity contribution in [3.05, 3.63) is 29.8 Å². The fourth-order valence-corrected chi connectivity index (χ4v) is 3.88. The minimum atomic E-state index is -3.85. The number of rotatable bonds is 4. The van der Waals surface area contributed by atoms with Crippen LogP contribution >= 0.6 is 0 Å². The first-order chi connectivity index (χ1) is 11.1. The number of hydrogen-bond acceptors (Lipinski definition) is 4. The van der Waals surface area contributed by atoms with Gasteiger partial charge in [-0.15, -0.1) is 0 Å². The van der Waals surface area contributed by atoms with Crippen molar-refractivity contribution in [1.29, 1.82) is 0 Å². The number of carbonyl (C=O) groups excluding carboxylic acids is 1. The third-order valence-electron chi connectivity index (χ3n) is 4.04. The van der Waals surface area contributed by atoms with Crippen molar-refractivity contribution in [2.24, 2.45) is 0 Å². The molecule has 1 fully saturated rings. The van der Waals surface area contributed by atoms with E-state index in [1.807, 2.05) is 7.05 Å². The van der Waals surface area contributed by atoms with Crippen molar-refractivity contribution in [1.82, 2.24) is 9.80 Å². The molecule has 1 aromatic rings. The second kappa shape index (κ2) is 7.02. The van der Waals surface area contributed by atoms with Crippen molar-refractivity contribution in [2.75, 3.05) is 43.8 Å². The van der Waals surface area contributed by atoms with Crippen LogP contribution in [0.1, 0.15) is 6.92 Å². The van der Waals surface area contributed by atoms with E-state index in [1.54, 1.807) is 4.90 Å². The van der Waals surface area contributed by atoms with Crippen LogP contribution in [0.2, 0.25) is 0 Å². The molecule has 1 amide bonds. The summed E-state index contributed by atoms with van der Waals surface area (Å²) in [5, 5.41) is 0. The number of sulfonamides is 1. The fourth-order valence-electron chi connectivity index (χ4n) is 2.72. The summed E-state index contributed by atoms with van der Waals surface area (Å²) < 4.78 is 51.7. The van der Waals surface area contributed by atoms with Gasteiger partial charge in [0.1, 0.15) is 6.04 Å². The van der Waals surface area contributed by atoms with E-state index in [4.69, 9.17) is 0 Å². The maximum atomic E-state index is 13.5. The van der Waals surface area contributed by atoms with Gasteiger partial charge in [-0.1, -0.05) is 0 Å². The molecule has 1 aliphatic rings. The highest BCUT2D eigenvalue weighted by Gasteiger charge is 2.33. The zero-order valence-electron chi connectivity index (χ0n) is 13.9. The number of benzene rings is 1. The van der Waals surface area contributed by atoms with E-state index in [-0.39, 0.29) is 11.6 Å². The van der Waals surface area contributed by atoms with Gasteiger partial charge in [0.25, 0.3) is 0 Å². The van der Waals surface area contributed by atoms with Gasteiger partial charge >= 0.3 is 0 Å². The standard InChI is InChI=1S/C15H21F2N3O3S/c1-11(15(21)19-8-6-18(2)7-9-19)20(24(3,22)23)12-4-5-13(16)14(17)10-12/h4-5,10-11H,6-9H2,1-3H3. The molecule has 24 heavy (non-hydrogen) atoms. The summed E-state index contributed by atoms with van der Waals surface area (Å²) >= 11 is 0. The topological polar surface area (TPSA) is 60.9 Å². The summed E-state index contributed by atoms with van der Waals surface area (Å²) in [4.78, 5) is 16.3. The molecule has 1 saturated heterocycles. The molecule has 0 saturated carbocycles. The van der Waals surface area contributed by atoms with Gasteiger partial charge in [0, 0.05) is 32.2 Å². The highest BCUT2D eigenvalue weighted by atomic mass is 32.2. The van der Waals surface area contributed by atoms with Gasteiger partial charge in [-0.2, -0.15) is 0 Å². The number of carbonyl (C=O) groups is 1. The Morgan fingerprint density at radius 1 is 1.17 bits per heavy atom. The third-order valence-corrected chi connectivity index (χ3v) is 5.28. The number of hydrogen-bond donors (Lipinski definition) is 0. The van der Waals surface area contributed by atoms with Crippen LogP contribution in [0.3, 0.4) is 0 Å². The van der Waals surface area contributed by atoms with Gasteiger partial charge < -0.3 is 9.80 Å². The number of amides is 1. The molecule has 0 radical (unpaired) electrons. The summed E-state index contributed by atoms with van der Waals surface area (Å²) in [6.07, 6.45) is 0.933. The van der Waals surface area contributed by atoms with E-state index in [1.165, 1.54) is 6.92 Å². The van der Waals surface area contributed by atoms with E-state index < -0.39 is 27.7 Å². The first kappa shape index (κ1) is 18.6. The molecule has 9 heteroatoms. The van der Waals surface area contributed by atoms with E-state index in [2.05, 4.69) is 4.90 Å². The van der Waals surface area contributed by atoms with Crippen LogP contribution in [-0.2, 0) is 14.8 Å². The average Bonchev–Trinajstić information content (AvgIpc) is 2.49. The molecule has 2 rings (SSSR count). The minimum Gasteiger partial charge on any atom is -0.338 e. The molecule has 1 aromatic carbocycles. The zero-order valence-corrected chi connectivity index (χ0v) is 14.7. The van der Waals surface area contributed by atoms with E-state index in [9.17, 15) is 22.0 Å². The van der Waals surface area contributed by atoms with Gasteiger partial charge in [-0.3, -0.25) is 9.10 Å². The normalized spacial score (nSPS) is 17.6. The van der Waals surface area contributed by atoms with E-state index in [0.29, 0.717) is 26.2 Å². The molecular formula is C15H21F2N3O3S. The van der Waals surface area contributed by atoms with Crippen molar-refractivity contribution in [3.63, 3.8) is 0 Å². The van der Waals surface area contributed by atoms with Gasteiger partial charge in [0.15, 0.2) is 11.6 Å². The van der Waals surface area contributed by atoms with Crippen LogP contribution in [0.25, 0.3) is 0 Å². The smallest absolute Gasteiger partial charge is 0.246 e. The van der Waals surface area contributed by atoms with Crippen LogP contribution in [0.15, 0.2) is 18.2 Å². The quantitative estimate of drug-likeness (QED) is 0.799. The molecule has 1 heterocycles. The Kier molecular flexibility index (Phi) is 5.44. The molecule has 6 nitrogen and oxygen atoms in total. The van der Waals surface area contributed by atoms with Crippen molar-refractivity contribution >= 4 is 21.6 Å². The second-order valence-electron chi connectivity index (χ2n) is 5.96. The largest absolute Gasteiger partial charge is 0.338 e. The minimum absolute atomic E-state index is 0.0774. The molecule has 0 aliphatic carbocycles. The molecule has 1 atom stereocenters. The average molecular weight is 361 g/mol. The highest BCUT2D eigenvalue weighted by Crippen LogP contribution is 2.24. The van der Waals surface area contributed by atoms with E-state index in [0.717, 1.165) is 28.8 Å². The summed E-state index contributed by atoms with van der Waals surface area (Å²) in [6, 6.07) is 1.72. The monoisotopic (exact) mass is 361 g/mol. The van der Waals surface area contributed by atoms with Crippen molar-refractivity contribution < 1.29 is 22.0 Å². The summed E-state index contributed by atoms with van der Waals surface area (Å²) in [6.45, 7) is 3.83. The van der Waals surface area contributed by atoms with Crippen LogP contribution in [0.5, 0.6) is 0 Å². The first-order valence-corrected chi connectivity index (χ1v) is 9.38. The maximum Gasteiger partial charge on any atom is 0.246 e. The van der Waals surface area contributed by atoms with Gasteiger partial charge in [0.2, 0.25) is 15.9 Å². The van der Waals surface area contributed by atoms with Crippen LogP contribution in [-0.4, -0.2) is 69.6 Å². The van der Waals surface area contributed by atoms with Crippen LogP contribution in [0, 0.1) is 11.6 Å². The Morgan fingerprint density at radius 3 is 2.25 bits per heavy atom. The Labute approximate surface area is 140 Å². The van der Waals surface area contributed by atoms with Crippen molar-refractivity contribution in [2.45, 2.75) is 13.0 Å². The zero-order chi connectivity index (χ0) is 18.1. The lowest BCUT2D eigenvalue weighted by molar-refractivity contribution is -0.133. The second-order valence-corrected chi connectivity index (χ2v) is 7.82. The molecule has 0 aromatic heterocycles. The predicted molar refractivity (Wildman–Crippen MR) is 87.2 cm³/mol.